The molecule has 0 bridgehead atoms. The summed E-state index contributed by atoms with van der Waals surface area (Å²) >= 11 is 0. The Morgan fingerprint density at radius 2 is 0.800 bits per heavy atom. The predicted molar refractivity (Wildman–Crippen MR) is 81.4 cm³/mol. The zero-order valence-electron chi connectivity index (χ0n) is 13.6. The van der Waals surface area contributed by atoms with E-state index in [1.807, 2.05) is 0 Å². The summed E-state index contributed by atoms with van der Waals surface area (Å²) < 4.78 is 0. The number of rotatable bonds is 12. The molecule has 0 fully saturated rings. The Morgan fingerprint density at radius 3 is 0.960 bits per heavy atom. The fourth-order valence-corrected chi connectivity index (χ4v) is 1.71. The minimum absolute atomic E-state index is 0.105. The van der Waals surface area contributed by atoms with Gasteiger partial charge in [-0.25, -0.2) is 0 Å². The van der Waals surface area contributed by atoms with Gasteiger partial charge in [-0.05, 0) is 6.42 Å². The Bertz CT molecular complexity index is 407. The van der Waals surface area contributed by atoms with Crippen molar-refractivity contribution in [3.05, 3.63) is 0 Å². The molecule has 25 heavy (non-hydrogen) atoms. The second kappa shape index (κ2) is 13.7. The van der Waals surface area contributed by atoms with Gasteiger partial charge in [0.1, 0.15) is 0 Å². The van der Waals surface area contributed by atoms with Crippen molar-refractivity contribution in [2.24, 2.45) is 0 Å². The quantitative estimate of drug-likeness (QED) is 0.266. The van der Waals surface area contributed by atoms with Gasteiger partial charge >= 0.3 is 23.9 Å². The Kier molecular flexibility index (Phi) is 13.4. The van der Waals surface area contributed by atoms with Crippen molar-refractivity contribution in [3.63, 3.8) is 0 Å². The van der Waals surface area contributed by atoms with Gasteiger partial charge in [0, 0.05) is 20.0 Å². The number of hydrogen-bond donors (Lipinski definition) is 5. The first kappa shape index (κ1) is 24.5. The lowest BCUT2D eigenvalue weighted by atomic mass is 10.3. The molecule has 0 saturated carbocycles. The second-order valence-electron chi connectivity index (χ2n) is 4.87. The molecule has 0 saturated heterocycles. The van der Waals surface area contributed by atoms with Crippen molar-refractivity contribution in [3.8, 4) is 0 Å². The molecule has 0 unspecified atom stereocenters. The predicted octanol–water partition coefficient (Wildman–Crippen LogP) is -1.59. The van der Waals surface area contributed by atoms with Crippen LogP contribution in [0.4, 0.5) is 0 Å². The van der Waals surface area contributed by atoms with E-state index in [4.69, 9.17) is 30.3 Å². The number of carboxylic acid groups (broad SMARTS) is 5. The van der Waals surface area contributed by atoms with Crippen molar-refractivity contribution in [2.75, 3.05) is 39.3 Å². The molecular formula is C13H22N2O10. The third-order valence-electron chi connectivity index (χ3n) is 2.38. The number of aliphatic carboxylic acids is 5. The molecule has 12 heteroatoms. The summed E-state index contributed by atoms with van der Waals surface area (Å²) in [5.74, 6) is -5.54. The van der Waals surface area contributed by atoms with Crippen LogP contribution < -0.4 is 0 Å². The highest BCUT2D eigenvalue weighted by Crippen LogP contribution is 1.97. The molecule has 12 nitrogen and oxygen atoms in total. The summed E-state index contributed by atoms with van der Waals surface area (Å²) in [5.41, 5.74) is 0. The van der Waals surface area contributed by atoms with Crippen molar-refractivity contribution >= 4 is 29.8 Å². The molecule has 0 aliphatic rings. The Labute approximate surface area is 142 Å². The van der Waals surface area contributed by atoms with Gasteiger partial charge in [-0.1, -0.05) is 0 Å². The normalized spacial score (nSPS) is 10.0. The van der Waals surface area contributed by atoms with Gasteiger partial charge in [-0.3, -0.25) is 33.8 Å². The minimum atomic E-state index is -1.18. The number of carbonyl (C=O) groups is 5. The highest BCUT2D eigenvalue weighted by atomic mass is 16.4. The van der Waals surface area contributed by atoms with E-state index in [-0.39, 0.29) is 19.5 Å². The Morgan fingerprint density at radius 1 is 0.600 bits per heavy atom. The number of hydrogen-bond acceptors (Lipinski definition) is 7. The van der Waals surface area contributed by atoms with Crippen LogP contribution in [0.25, 0.3) is 0 Å². The molecule has 0 heterocycles. The third kappa shape index (κ3) is 21.3. The second-order valence-corrected chi connectivity index (χ2v) is 4.87. The van der Waals surface area contributed by atoms with E-state index in [1.54, 1.807) is 0 Å². The summed E-state index contributed by atoms with van der Waals surface area (Å²) in [7, 11) is 0. The number of carboxylic acids is 5. The van der Waals surface area contributed by atoms with Crippen LogP contribution in [0, 0.1) is 0 Å². The van der Waals surface area contributed by atoms with E-state index in [1.165, 1.54) is 9.80 Å². The summed E-state index contributed by atoms with van der Waals surface area (Å²) in [4.78, 5) is 53.7. The summed E-state index contributed by atoms with van der Waals surface area (Å²) in [5, 5.41) is 42.0. The van der Waals surface area contributed by atoms with Crippen LogP contribution >= 0.6 is 0 Å². The third-order valence-corrected chi connectivity index (χ3v) is 2.38. The zero-order valence-corrected chi connectivity index (χ0v) is 13.6. The van der Waals surface area contributed by atoms with E-state index in [0.29, 0.717) is 0 Å². The molecule has 0 radical (unpaired) electrons. The van der Waals surface area contributed by atoms with E-state index < -0.39 is 56.0 Å². The Hall–Kier alpha value is -2.73. The largest absolute Gasteiger partial charge is 0.481 e. The smallest absolute Gasteiger partial charge is 0.317 e. The first-order valence-electron chi connectivity index (χ1n) is 6.95. The van der Waals surface area contributed by atoms with Gasteiger partial charge in [0.2, 0.25) is 0 Å². The number of nitrogens with zero attached hydrogens (tertiary/aromatic N) is 2. The lowest BCUT2D eigenvalue weighted by Crippen LogP contribution is -2.39. The van der Waals surface area contributed by atoms with Crippen LogP contribution in [0.1, 0.15) is 13.3 Å². The molecule has 0 rings (SSSR count). The van der Waals surface area contributed by atoms with Crippen molar-refractivity contribution in [1.82, 2.24) is 9.80 Å². The lowest BCUT2D eigenvalue weighted by molar-refractivity contribution is -0.143. The average Bonchev–Trinajstić information content (AvgIpc) is 2.34. The van der Waals surface area contributed by atoms with E-state index >= 15 is 0 Å². The van der Waals surface area contributed by atoms with Crippen LogP contribution in [0.2, 0.25) is 0 Å². The first-order chi connectivity index (χ1) is 11.4. The fourth-order valence-electron chi connectivity index (χ4n) is 1.71. The van der Waals surface area contributed by atoms with E-state index in [2.05, 4.69) is 0 Å². The maximum Gasteiger partial charge on any atom is 0.317 e. The van der Waals surface area contributed by atoms with Gasteiger partial charge in [-0.2, -0.15) is 0 Å². The van der Waals surface area contributed by atoms with Crippen LogP contribution in [-0.2, 0) is 24.0 Å². The van der Waals surface area contributed by atoms with Gasteiger partial charge in [-0.15, -0.1) is 0 Å². The summed E-state index contributed by atoms with van der Waals surface area (Å²) in [6.07, 6.45) is 0.251. The molecule has 0 aromatic rings. The van der Waals surface area contributed by atoms with Crippen LogP contribution in [-0.4, -0.2) is 104 Å². The maximum atomic E-state index is 10.6. The molecule has 0 aliphatic heterocycles. The van der Waals surface area contributed by atoms with Gasteiger partial charge in [0.05, 0.1) is 26.2 Å². The topological polar surface area (TPSA) is 193 Å². The minimum Gasteiger partial charge on any atom is -0.481 e. The molecule has 0 atom stereocenters. The molecule has 0 aliphatic carbocycles. The highest BCUT2D eigenvalue weighted by molar-refractivity contribution is 5.73. The molecular weight excluding hydrogens is 344 g/mol. The van der Waals surface area contributed by atoms with Crippen molar-refractivity contribution in [2.45, 2.75) is 13.3 Å². The van der Waals surface area contributed by atoms with Crippen molar-refractivity contribution in [1.29, 1.82) is 0 Å². The van der Waals surface area contributed by atoms with Crippen LogP contribution in [0.3, 0.4) is 0 Å². The van der Waals surface area contributed by atoms with Crippen LogP contribution in [0.15, 0.2) is 0 Å². The summed E-state index contributed by atoms with van der Waals surface area (Å²) in [6.45, 7) is -0.522. The standard InChI is InChI=1S/C11H18N2O8.C2H4O2/c14-8(15)4-12(5-9(16)17)2-1-3-13(6-10(18)19)7-11(20)21;1-2(3)4/h1-7H2,(H,14,15)(H,16,17)(H,18,19)(H,20,21);1H3,(H,3,4). The molecule has 0 aromatic carbocycles. The average molecular weight is 366 g/mol. The van der Waals surface area contributed by atoms with Crippen molar-refractivity contribution < 1.29 is 49.5 Å². The van der Waals surface area contributed by atoms with Gasteiger partial charge in [0.25, 0.3) is 5.97 Å². The zero-order chi connectivity index (χ0) is 20.0. The first-order valence-corrected chi connectivity index (χ1v) is 6.95. The Balaban J connectivity index is 0. The highest BCUT2D eigenvalue weighted by Gasteiger charge is 2.16. The SMILES string of the molecule is CC(=O)O.O=C(O)CN(CCCN(CC(=O)O)CC(=O)O)CC(=O)O. The monoisotopic (exact) mass is 366 g/mol. The molecule has 144 valence electrons. The lowest BCUT2D eigenvalue weighted by Gasteiger charge is -2.21. The molecule has 0 aromatic heterocycles. The van der Waals surface area contributed by atoms with Crippen LogP contribution in [0.5, 0.6) is 0 Å². The molecule has 0 amide bonds. The van der Waals surface area contributed by atoms with Gasteiger partial charge in [0.15, 0.2) is 0 Å². The van der Waals surface area contributed by atoms with Gasteiger partial charge < -0.3 is 25.5 Å². The van der Waals surface area contributed by atoms with E-state index in [9.17, 15) is 19.2 Å². The molecule has 0 spiro atoms. The molecule has 5 N–H and O–H groups in total. The maximum absolute atomic E-state index is 10.6. The summed E-state index contributed by atoms with van der Waals surface area (Å²) in [6, 6.07) is 0. The fraction of sp³-hybridized carbons (Fsp3) is 0.615. The van der Waals surface area contributed by atoms with E-state index in [0.717, 1.165) is 6.92 Å².